The van der Waals surface area contributed by atoms with Crippen molar-refractivity contribution in [1.29, 1.82) is 0 Å². The summed E-state index contributed by atoms with van der Waals surface area (Å²) in [6.07, 6.45) is 4.39. The Hall–Kier alpha value is -1.10. The number of hydrogen-bond acceptors (Lipinski definition) is 3. The number of carbonyl (C=O) groups excluding carboxylic acids is 2. The van der Waals surface area contributed by atoms with E-state index in [0.717, 1.165) is 31.6 Å². The maximum absolute atomic E-state index is 11.7. The van der Waals surface area contributed by atoms with Crippen molar-refractivity contribution in [3.05, 3.63) is 0 Å². The van der Waals surface area contributed by atoms with Gasteiger partial charge in [0.15, 0.2) is 0 Å². The van der Waals surface area contributed by atoms with Crippen LogP contribution in [-0.4, -0.2) is 30.4 Å². The van der Waals surface area contributed by atoms with Crippen LogP contribution in [0.2, 0.25) is 0 Å². The van der Waals surface area contributed by atoms with Gasteiger partial charge in [-0.1, -0.05) is 20.8 Å². The summed E-state index contributed by atoms with van der Waals surface area (Å²) < 4.78 is 0. The molecular formula is C14H27N3O2. The van der Waals surface area contributed by atoms with E-state index < -0.39 is 6.04 Å². The van der Waals surface area contributed by atoms with Gasteiger partial charge in [0.05, 0.1) is 12.6 Å². The third-order valence-corrected chi connectivity index (χ3v) is 3.83. The number of rotatable bonds is 5. The van der Waals surface area contributed by atoms with E-state index in [1.165, 1.54) is 0 Å². The first kappa shape index (κ1) is 16.0. The molecule has 19 heavy (non-hydrogen) atoms. The van der Waals surface area contributed by atoms with Crippen molar-refractivity contribution >= 4 is 11.8 Å². The van der Waals surface area contributed by atoms with Crippen LogP contribution in [0.4, 0.5) is 0 Å². The largest absolute Gasteiger partial charge is 0.352 e. The summed E-state index contributed by atoms with van der Waals surface area (Å²) in [5.41, 5.74) is 5.70. The van der Waals surface area contributed by atoms with Crippen LogP contribution in [0.25, 0.3) is 0 Å². The number of hydrogen-bond donors (Lipinski definition) is 3. The molecule has 2 amide bonds. The van der Waals surface area contributed by atoms with E-state index >= 15 is 0 Å². The molecule has 0 aromatic carbocycles. The van der Waals surface area contributed by atoms with Gasteiger partial charge in [0.1, 0.15) is 0 Å². The fourth-order valence-electron chi connectivity index (χ4n) is 2.27. The maximum atomic E-state index is 11.7. The highest BCUT2D eigenvalue weighted by molar-refractivity contribution is 5.87. The van der Waals surface area contributed by atoms with E-state index in [2.05, 4.69) is 17.6 Å². The van der Waals surface area contributed by atoms with E-state index in [-0.39, 0.29) is 30.3 Å². The second-order valence-electron chi connectivity index (χ2n) is 6.01. The van der Waals surface area contributed by atoms with Crippen molar-refractivity contribution in [2.75, 3.05) is 6.54 Å². The third-order valence-electron chi connectivity index (χ3n) is 3.83. The molecule has 5 heteroatoms. The Balaban J connectivity index is 2.23. The summed E-state index contributed by atoms with van der Waals surface area (Å²) in [5, 5.41) is 5.55. The Morgan fingerprint density at radius 1 is 1.21 bits per heavy atom. The van der Waals surface area contributed by atoms with Crippen LogP contribution in [0.1, 0.15) is 46.5 Å². The van der Waals surface area contributed by atoms with Crippen molar-refractivity contribution in [3.8, 4) is 0 Å². The SMILES string of the molecule is CC1CCC(NC(=O)CNC(=O)[C@@H](N)C(C)C)CC1. The quantitative estimate of drug-likeness (QED) is 0.689. The van der Waals surface area contributed by atoms with Crippen molar-refractivity contribution in [2.45, 2.75) is 58.5 Å². The van der Waals surface area contributed by atoms with Crippen LogP contribution in [0.3, 0.4) is 0 Å². The van der Waals surface area contributed by atoms with Crippen molar-refractivity contribution in [3.63, 3.8) is 0 Å². The highest BCUT2D eigenvalue weighted by Gasteiger charge is 2.21. The molecule has 0 spiro atoms. The van der Waals surface area contributed by atoms with Crippen LogP contribution in [0.5, 0.6) is 0 Å². The molecular weight excluding hydrogens is 242 g/mol. The first-order chi connectivity index (χ1) is 8.90. The smallest absolute Gasteiger partial charge is 0.239 e. The standard InChI is InChI=1S/C14H27N3O2/c1-9(2)13(15)14(19)16-8-12(18)17-11-6-4-10(3)5-7-11/h9-11,13H,4-8,15H2,1-3H3,(H,16,19)(H,17,18)/t10?,11?,13-/m0/s1. The molecule has 0 saturated heterocycles. The lowest BCUT2D eigenvalue weighted by atomic mass is 9.87. The molecule has 0 bridgehead atoms. The molecule has 1 saturated carbocycles. The minimum atomic E-state index is -0.552. The summed E-state index contributed by atoms with van der Waals surface area (Å²) in [4.78, 5) is 23.3. The zero-order valence-electron chi connectivity index (χ0n) is 12.2. The van der Waals surface area contributed by atoms with E-state index in [1.807, 2.05) is 13.8 Å². The molecule has 0 aromatic heterocycles. The van der Waals surface area contributed by atoms with E-state index in [0.29, 0.717) is 0 Å². The van der Waals surface area contributed by atoms with Crippen LogP contribution in [0, 0.1) is 11.8 Å². The van der Waals surface area contributed by atoms with Gasteiger partial charge in [0.25, 0.3) is 0 Å². The highest BCUT2D eigenvalue weighted by Crippen LogP contribution is 2.23. The van der Waals surface area contributed by atoms with Gasteiger partial charge in [-0.05, 0) is 37.5 Å². The molecule has 1 rings (SSSR count). The molecule has 1 aliphatic carbocycles. The lowest BCUT2D eigenvalue weighted by Gasteiger charge is -2.27. The Morgan fingerprint density at radius 3 is 2.32 bits per heavy atom. The first-order valence-corrected chi connectivity index (χ1v) is 7.22. The molecule has 0 radical (unpaired) electrons. The number of nitrogens with two attached hydrogens (primary N) is 1. The summed E-state index contributed by atoms with van der Waals surface area (Å²) in [7, 11) is 0. The Bertz CT molecular complexity index is 310. The van der Waals surface area contributed by atoms with E-state index in [4.69, 9.17) is 5.73 Å². The molecule has 0 unspecified atom stereocenters. The second-order valence-corrected chi connectivity index (χ2v) is 6.01. The molecule has 1 fully saturated rings. The van der Waals surface area contributed by atoms with Crippen LogP contribution in [-0.2, 0) is 9.59 Å². The van der Waals surface area contributed by atoms with Gasteiger partial charge in [0.2, 0.25) is 11.8 Å². The molecule has 5 nitrogen and oxygen atoms in total. The fraction of sp³-hybridized carbons (Fsp3) is 0.857. The summed E-state index contributed by atoms with van der Waals surface area (Å²) in [6, 6.07) is -0.289. The minimum Gasteiger partial charge on any atom is -0.352 e. The van der Waals surface area contributed by atoms with Gasteiger partial charge in [-0.3, -0.25) is 9.59 Å². The van der Waals surface area contributed by atoms with Gasteiger partial charge >= 0.3 is 0 Å². The van der Waals surface area contributed by atoms with E-state index in [9.17, 15) is 9.59 Å². The van der Waals surface area contributed by atoms with Gasteiger partial charge in [-0.15, -0.1) is 0 Å². The van der Waals surface area contributed by atoms with Crippen molar-refractivity contribution in [2.24, 2.45) is 17.6 Å². The number of carbonyl (C=O) groups is 2. The fourth-order valence-corrected chi connectivity index (χ4v) is 2.27. The van der Waals surface area contributed by atoms with Crippen LogP contribution < -0.4 is 16.4 Å². The van der Waals surface area contributed by atoms with Crippen molar-refractivity contribution < 1.29 is 9.59 Å². The Morgan fingerprint density at radius 2 is 1.79 bits per heavy atom. The molecule has 0 aliphatic heterocycles. The lowest BCUT2D eigenvalue weighted by molar-refractivity contribution is -0.127. The van der Waals surface area contributed by atoms with Gasteiger partial charge in [-0.25, -0.2) is 0 Å². The van der Waals surface area contributed by atoms with Crippen LogP contribution >= 0.6 is 0 Å². The zero-order valence-corrected chi connectivity index (χ0v) is 12.2. The molecule has 1 aliphatic rings. The summed E-state index contributed by atoms with van der Waals surface area (Å²) in [6.45, 7) is 6.03. The van der Waals surface area contributed by atoms with Crippen LogP contribution in [0.15, 0.2) is 0 Å². The predicted octanol–water partition coefficient (Wildman–Crippen LogP) is 0.781. The van der Waals surface area contributed by atoms with E-state index in [1.54, 1.807) is 0 Å². The van der Waals surface area contributed by atoms with Crippen molar-refractivity contribution in [1.82, 2.24) is 10.6 Å². The van der Waals surface area contributed by atoms with Gasteiger partial charge in [0, 0.05) is 6.04 Å². The third kappa shape index (κ3) is 5.59. The molecule has 0 heterocycles. The second kappa shape index (κ2) is 7.48. The average molecular weight is 269 g/mol. The number of nitrogens with one attached hydrogen (secondary N) is 2. The van der Waals surface area contributed by atoms with Gasteiger partial charge < -0.3 is 16.4 Å². The molecule has 0 aromatic rings. The zero-order chi connectivity index (χ0) is 14.4. The topological polar surface area (TPSA) is 84.2 Å². The Labute approximate surface area is 115 Å². The first-order valence-electron chi connectivity index (χ1n) is 7.22. The molecule has 1 atom stereocenters. The normalized spacial score (nSPS) is 24.9. The Kier molecular flexibility index (Phi) is 6.28. The highest BCUT2D eigenvalue weighted by atomic mass is 16.2. The molecule has 4 N–H and O–H groups in total. The minimum absolute atomic E-state index is 0.0192. The summed E-state index contributed by atoms with van der Waals surface area (Å²) in [5.74, 6) is 0.450. The molecule has 110 valence electrons. The number of amides is 2. The summed E-state index contributed by atoms with van der Waals surface area (Å²) >= 11 is 0. The average Bonchev–Trinajstić information content (AvgIpc) is 2.37. The lowest BCUT2D eigenvalue weighted by Crippen LogP contribution is -2.48. The predicted molar refractivity (Wildman–Crippen MR) is 75.4 cm³/mol. The monoisotopic (exact) mass is 269 g/mol. The maximum Gasteiger partial charge on any atom is 0.239 e. The van der Waals surface area contributed by atoms with Gasteiger partial charge in [-0.2, -0.15) is 0 Å².